The summed E-state index contributed by atoms with van der Waals surface area (Å²) in [4.78, 5) is 0. The van der Waals surface area contributed by atoms with Crippen molar-refractivity contribution >= 4 is 5.69 Å². The summed E-state index contributed by atoms with van der Waals surface area (Å²) in [6.07, 6.45) is -6.92. The minimum atomic E-state index is -4.37. The molecule has 0 aliphatic heterocycles. The molecule has 0 bridgehead atoms. The fourth-order valence-corrected chi connectivity index (χ4v) is 1.82. The second-order valence-electron chi connectivity index (χ2n) is 4.47. The van der Waals surface area contributed by atoms with Gasteiger partial charge in [-0.2, -0.15) is 13.2 Å². The van der Waals surface area contributed by atoms with Gasteiger partial charge in [0.15, 0.2) is 0 Å². The van der Waals surface area contributed by atoms with Gasteiger partial charge in [-0.1, -0.05) is 18.2 Å². The number of alkyl halides is 5. The van der Waals surface area contributed by atoms with Crippen LogP contribution in [-0.2, 0) is 12.7 Å². The predicted molar refractivity (Wildman–Crippen MR) is 70.2 cm³/mol. The first-order valence-corrected chi connectivity index (χ1v) is 6.14. The van der Waals surface area contributed by atoms with E-state index < -0.39 is 18.2 Å². The highest BCUT2D eigenvalue weighted by atomic mass is 19.4. The Bertz CT molecular complexity index is 590. The summed E-state index contributed by atoms with van der Waals surface area (Å²) in [7, 11) is 0. The van der Waals surface area contributed by atoms with Crippen LogP contribution < -0.4 is 5.32 Å². The highest BCUT2D eigenvalue weighted by molar-refractivity contribution is 5.45. The lowest BCUT2D eigenvalue weighted by Gasteiger charge is -2.10. The molecule has 0 radical (unpaired) electrons. The third kappa shape index (κ3) is 4.18. The van der Waals surface area contributed by atoms with Crippen molar-refractivity contribution < 1.29 is 22.0 Å². The summed E-state index contributed by atoms with van der Waals surface area (Å²) in [5.74, 6) is 0. The zero-order valence-corrected chi connectivity index (χ0v) is 10.8. The normalized spacial score (nSPS) is 11.7. The van der Waals surface area contributed by atoms with E-state index in [0.717, 1.165) is 12.1 Å². The molecule has 21 heavy (non-hydrogen) atoms. The minimum Gasteiger partial charge on any atom is -0.381 e. The number of benzene rings is 2. The Morgan fingerprint density at radius 2 is 1.62 bits per heavy atom. The van der Waals surface area contributed by atoms with E-state index in [1.807, 2.05) is 0 Å². The van der Waals surface area contributed by atoms with E-state index in [0.29, 0.717) is 11.3 Å². The summed E-state index contributed by atoms with van der Waals surface area (Å²) in [6, 6.07) is 10.4. The number of rotatable bonds is 4. The molecule has 0 atom stereocenters. The van der Waals surface area contributed by atoms with Gasteiger partial charge in [0, 0.05) is 17.8 Å². The van der Waals surface area contributed by atoms with Crippen LogP contribution in [0.25, 0.3) is 0 Å². The molecule has 0 aliphatic carbocycles. The zero-order valence-electron chi connectivity index (χ0n) is 10.8. The SMILES string of the molecule is FC(F)c1cccc(CNc2ccc(C(F)(F)F)cc2)c1. The molecular weight excluding hydrogens is 289 g/mol. The van der Waals surface area contributed by atoms with Gasteiger partial charge >= 0.3 is 6.18 Å². The molecule has 0 aliphatic rings. The van der Waals surface area contributed by atoms with Crippen molar-refractivity contribution in [1.29, 1.82) is 0 Å². The van der Waals surface area contributed by atoms with Crippen molar-refractivity contribution in [2.75, 3.05) is 5.32 Å². The quantitative estimate of drug-likeness (QED) is 0.760. The van der Waals surface area contributed by atoms with Gasteiger partial charge in [-0.25, -0.2) is 8.78 Å². The maximum atomic E-state index is 12.5. The monoisotopic (exact) mass is 301 g/mol. The highest BCUT2D eigenvalue weighted by Gasteiger charge is 2.29. The molecule has 0 aromatic heterocycles. The lowest BCUT2D eigenvalue weighted by molar-refractivity contribution is -0.137. The highest BCUT2D eigenvalue weighted by Crippen LogP contribution is 2.30. The van der Waals surface area contributed by atoms with E-state index >= 15 is 0 Å². The second-order valence-corrected chi connectivity index (χ2v) is 4.47. The van der Waals surface area contributed by atoms with E-state index in [2.05, 4.69) is 5.32 Å². The molecule has 112 valence electrons. The number of hydrogen-bond donors (Lipinski definition) is 1. The van der Waals surface area contributed by atoms with Crippen LogP contribution in [-0.4, -0.2) is 0 Å². The van der Waals surface area contributed by atoms with E-state index in [1.54, 1.807) is 6.07 Å². The molecule has 1 N–H and O–H groups in total. The average molecular weight is 301 g/mol. The summed E-state index contributed by atoms with van der Waals surface area (Å²) < 4.78 is 62.3. The standard InChI is InChI=1S/C15H12F5N/c16-14(17)11-3-1-2-10(8-11)9-21-13-6-4-12(5-7-13)15(18,19)20/h1-8,14,21H,9H2. The Balaban J connectivity index is 2.01. The summed E-state index contributed by atoms with van der Waals surface area (Å²) in [5, 5.41) is 2.89. The molecule has 0 heterocycles. The van der Waals surface area contributed by atoms with Gasteiger partial charge in [-0.3, -0.25) is 0 Å². The summed E-state index contributed by atoms with van der Waals surface area (Å²) >= 11 is 0. The molecule has 0 spiro atoms. The Morgan fingerprint density at radius 1 is 0.952 bits per heavy atom. The number of halogens is 5. The molecule has 2 aromatic rings. The molecule has 2 rings (SSSR count). The fourth-order valence-electron chi connectivity index (χ4n) is 1.82. The minimum absolute atomic E-state index is 0.0817. The third-order valence-electron chi connectivity index (χ3n) is 2.91. The van der Waals surface area contributed by atoms with E-state index in [4.69, 9.17) is 0 Å². The van der Waals surface area contributed by atoms with Crippen LogP contribution in [0.1, 0.15) is 23.1 Å². The first-order valence-electron chi connectivity index (χ1n) is 6.14. The first kappa shape index (κ1) is 15.3. The number of anilines is 1. The maximum absolute atomic E-state index is 12.5. The maximum Gasteiger partial charge on any atom is 0.416 e. The van der Waals surface area contributed by atoms with E-state index in [9.17, 15) is 22.0 Å². The molecule has 6 heteroatoms. The third-order valence-corrected chi connectivity index (χ3v) is 2.91. The van der Waals surface area contributed by atoms with Crippen molar-refractivity contribution in [1.82, 2.24) is 0 Å². The van der Waals surface area contributed by atoms with Crippen LogP contribution >= 0.6 is 0 Å². The van der Waals surface area contributed by atoms with Gasteiger partial charge in [-0.05, 0) is 35.9 Å². The molecule has 0 amide bonds. The lowest BCUT2D eigenvalue weighted by atomic mass is 10.1. The first-order chi connectivity index (χ1) is 9.86. The topological polar surface area (TPSA) is 12.0 Å². The lowest BCUT2D eigenvalue weighted by Crippen LogP contribution is -2.05. The molecule has 0 fully saturated rings. The van der Waals surface area contributed by atoms with Crippen LogP contribution in [0.2, 0.25) is 0 Å². The second kappa shape index (κ2) is 6.11. The Kier molecular flexibility index (Phi) is 4.45. The van der Waals surface area contributed by atoms with Gasteiger partial charge in [0.1, 0.15) is 0 Å². The Morgan fingerprint density at radius 3 is 2.19 bits per heavy atom. The fraction of sp³-hybridized carbons (Fsp3) is 0.200. The summed E-state index contributed by atoms with van der Waals surface area (Å²) in [5.41, 5.74) is 0.313. The van der Waals surface area contributed by atoms with Gasteiger partial charge < -0.3 is 5.32 Å². The van der Waals surface area contributed by atoms with Gasteiger partial charge in [0.2, 0.25) is 0 Å². The van der Waals surface area contributed by atoms with Gasteiger partial charge in [-0.15, -0.1) is 0 Å². The van der Waals surface area contributed by atoms with Crippen molar-refractivity contribution in [3.8, 4) is 0 Å². The van der Waals surface area contributed by atoms with Crippen molar-refractivity contribution in [3.63, 3.8) is 0 Å². The predicted octanol–water partition coefficient (Wildman–Crippen LogP) is 5.26. The van der Waals surface area contributed by atoms with Crippen LogP contribution in [0.5, 0.6) is 0 Å². The molecule has 0 saturated heterocycles. The van der Waals surface area contributed by atoms with Crippen LogP contribution in [0.3, 0.4) is 0 Å². The molecular formula is C15H12F5N. The van der Waals surface area contributed by atoms with Crippen molar-refractivity contribution in [3.05, 3.63) is 65.2 Å². The average Bonchev–Trinajstić information content (AvgIpc) is 2.45. The largest absolute Gasteiger partial charge is 0.416 e. The Hall–Kier alpha value is -2.11. The van der Waals surface area contributed by atoms with Crippen molar-refractivity contribution in [2.45, 2.75) is 19.1 Å². The number of nitrogens with one attached hydrogen (secondary N) is 1. The van der Waals surface area contributed by atoms with Crippen LogP contribution in [0, 0.1) is 0 Å². The van der Waals surface area contributed by atoms with Crippen molar-refractivity contribution in [2.24, 2.45) is 0 Å². The zero-order chi connectivity index (χ0) is 15.5. The van der Waals surface area contributed by atoms with Gasteiger partial charge in [0.25, 0.3) is 6.43 Å². The molecule has 0 saturated carbocycles. The van der Waals surface area contributed by atoms with E-state index in [1.165, 1.54) is 30.3 Å². The van der Waals surface area contributed by atoms with Crippen LogP contribution in [0.4, 0.5) is 27.6 Å². The number of hydrogen-bond acceptors (Lipinski definition) is 1. The molecule has 1 nitrogen and oxygen atoms in total. The van der Waals surface area contributed by atoms with E-state index in [-0.39, 0.29) is 12.1 Å². The smallest absolute Gasteiger partial charge is 0.381 e. The van der Waals surface area contributed by atoms with Crippen LogP contribution in [0.15, 0.2) is 48.5 Å². The molecule has 0 unspecified atom stereocenters. The molecule has 2 aromatic carbocycles. The Labute approximate surface area is 118 Å². The van der Waals surface area contributed by atoms with Gasteiger partial charge in [0.05, 0.1) is 5.56 Å². The summed E-state index contributed by atoms with van der Waals surface area (Å²) in [6.45, 7) is 0.256.